The third kappa shape index (κ3) is 3.48. The monoisotopic (exact) mass is 386 g/mol. The Labute approximate surface area is 163 Å². The summed E-state index contributed by atoms with van der Waals surface area (Å²) in [5, 5.41) is 14.1. The van der Waals surface area contributed by atoms with Gasteiger partial charge in [-0.05, 0) is 38.5 Å². The SMILES string of the molecule is CN(c1cc(OC2CCCCN2C(=O)O)ncn1)c1c2c(nn1C)CCCC2. The molecule has 2 aromatic rings. The normalized spacial score (nSPS) is 19.2. The van der Waals surface area contributed by atoms with Gasteiger partial charge >= 0.3 is 6.09 Å². The summed E-state index contributed by atoms with van der Waals surface area (Å²) in [7, 11) is 3.91. The molecule has 0 spiro atoms. The van der Waals surface area contributed by atoms with Gasteiger partial charge in [-0.25, -0.2) is 14.8 Å². The smallest absolute Gasteiger partial charge is 0.410 e. The van der Waals surface area contributed by atoms with Crippen molar-refractivity contribution in [2.24, 2.45) is 7.05 Å². The van der Waals surface area contributed by atoms with E-state index in [0.717, 1.165) is 31.5 Å². The van der Waals surface area contributed by atoms with Crippen molar-refractivity contribution in [2.75, 3.05) is 18.5 Å². The zero-order chi connectivity index (χ0) is 19.7. The Bertz CT molecular complexity index is 867. The highest BCUT2D eigenvalue weighted by Crippen LogP contribution is 2.33. The Balaban J connectivity index is 1.57. The molecule has 1 N–H and O–H groups in total. The number of ether oxygens (including phenoxy) is 1. The van der Waals surface area contributed by atoms with Crippen LogP contribution in [-0.2, 0) is 19.9 Å². The standard InChI is InChI=1S/C19H26N6O3/c1-23(18-13-7-3-4-8-14(13)22-24(18)2)15-11-16(21-12-20-15)28-17-9-5-6-10-25(17)19(26)27/h11-12,17H,3-10H2,1-2H3,(H,26,27). The summed E-state index contributed by atoms with van der Waals surface area (Å²) in [6, 6.07) is 1.76. The lowest BCUT2D eigenvalue weighted by atomic mass is 9.97. The highest BCUT2D eigenvalue weighted by molar-refractivity contribution is 5.65. The van der Waals surface area contributed by atoms with E-state index in [0.29, 0.717) is 24.7 Å². The highest BCUT2D eigenvalue weighted by atomic mass is 16.5. The summed E-state index contributed by atoms with van der Waals surface area (Å²) >= 11 is 0. The number of anilines is 2. The van der Waals surface area contributed by atoms with Gasteiger partial charge in [0, 0.05) is 38.7 Å². The molecular weight excluding hydrogens is 360 g/mol. The first-order chi connectivity index (χ1) is 13.5. The van der Waals surface area contributed by atoms with Crippen molar-refractivity contribution in [3.8, 4) is 5.88 Å². The molecule has 2 aliphatic rings. The van der Waals surface area contributed by atoms with Crippen molar-refractivity contribution < 1.29 is 14.6 Å². The molecule has 150 valence electrons. The predicted octanol–water partition coefficient (Wildman–Crippen LogP) is 2.73. The molecule has 28 heavy (non-hydrogen) atoms. The van der Waals surface area contributed by atoms with Crippen molar-refractivity contribution >= 4 is 17.7 Å². The zero-order valence-electron chi connectivity index (χ0n) is 16.3. The summed E-state index contributed by atoms with van der Waals surface area (Å²) in [5.41, 5.74) is 2.45. The van der Waals surface area contributed by atoms with E-state index < -0.39 is 12.3 Å². The van der Waals surface area contributed by atoms with Crippen molar-refractivity contribution in [3.05, 3.63) is 23.7 Å². The van der Waals surface area contributed by atoms with Gasteiger partial charge in [0.05, 0.1) is 5.69 Å². The molecule has 3 heterocycles. The molecule has 9 nitrogen and oxygen atoms in total. The predicted molar refractivity (Wildman–Crippen MR) is 103 cm³/mol. The van der Waals surface area contributed by atoms with Crippen LogP contribution < -0.4 is 9.64 Å². The molecule has 0 aromatic carbocycles. The first kappa shape index (κ1) is 18.5. The van der Waals surface area contributed by atoms with Gasteiger partial charge in [0.2, 0.25) is 5.88 Å². The first-order valence-corrected chi connectivity index (χ1v) is 9.81. The van der Waals surface area contributed by atoms with Crippen LogP contribution in [0.5, 0.6) is 5.88 Å². The minimum Gasteiger partial charge on any atom is -0.465 e. The van der Waals surface area contributed by atoms with Crippen LogP contribution in [0.1, 0.15) is 43.4 Å². The fraction of sp³-hybridized carbons (Fsp3) is 0.579. The molecule has 0 bridgehead atoms. The lowest BCUT2D eigenvalue weighted by Gasteiger charge is -2.33. The maximum atomic E-state index is 11.5. The van der Waals surface area contributed by atoms with Crippen molar-refractivity contribution in [1.29, 1.82) is 0 Å². The van der Waals surface area contributed by atoms with Gasteiger partial charge in [-0.3, -0.25) is 9.58 Å². The number of likely N-dealkylation sites (tertiary alicyclic amines) is 1. The van der Waals surface area contributed by atoms with Crippen LogP contribution in [0.2, 0.25) is 0 Å². The van der Waals surface area contributed by atoms with Crippen LogP contribution in [-0.4, -0.2) is 55.7 Å². The number of piperidine rings is 1. The molecule has 1 aliphatic carbocycles. The molecular formula is C19H26N6O3. The molecule has 1 amide bonds. The average molecular weight is 386 g/mol. The van der Waals surface area contributed by atoms with E-state index in [-0.39, 0.29) is 0 Å². The van der Waals surface area contributed by atoms with Crippen LogP contribution in [0.15, 0.2) is 12.4 Å². The number of hydrogen-bond acceptors (Lipinski definition) is 6. The third-order valence-electron chi connectivity index (χ3n) is 5.52. The van der Waals surface area contributed by atoms with Gasteiger partial charge in [0.1, 0.15) is 18.0 Å². The molecule has 9 heteroatoms. The fourth-order valence-electron chi connectivity index (χ4n) is 4.15. The summed E-state index contributed by atoms with van der Waals surface area (Å²) in [6.45, 7) is 0.485. The number of aryl methyl sites for hydroxylation is 2. The van der Waals surface area contributed by atoms with Crippen LogP contribution in [0, 0.1) is 0 Å². The maximum Gasteiger partial charge on any atom is 0.410 e. The second-order valence-electron chi connectivity index (χ2n) is 7.40. The van der Waals surface area contributed by atoms with Gasteiger partial charge in [-0.1, -0.05) is 0 Å². The van der Waals surface area contributed by atoms with Gasteiger partial charge in [0.25, 0.3) is 0 Å². The molecule has 2 aromatic heterocycles. The van der Waals surface area contributed by atoms with Crippen molar-refractivity contribution in [1.82, 2.24) is 24.6 Å². The van der Waals surface area contributed by atoms with E-state index in [1.54, 1.807) is 6.07 Å². The minimum absolute atomic E-state index is 0.381. The molecule has 0 radical (unpaired) electrons. The van der Waals surface area contributed by atoms with Crippen LogP contribution in [0.4, 0.5) is 16.4 Å². The fourth-order valence-corrected chi connectivity index (χ4v) is 4.15. The van der Waals surface area contributed by atoms with Gasteiger partial charge < -0.3 is 14.7 Å². The average Bonchev–Trinajstić information content (AvgIpc) is 3.03. The number of nitrogens with zero attached hydrogens (tertiary/aromatic N) is 6. The number of aromatic nitrogens is 4. The second-order valence-corrected chi connectivity index (χ2v) is 7.40. The van der Waals surface area contributed by atoms with Gasteiger partial charge in [0.15, 0.2) is 6.23 Å². The van der Waals surface area contributed by atoms with E-state index in [2.05, 4.69) is 15.1 Å². The lowest BCUT2D eigenvalue weighted by Crippen LogP contribution is -2.46. The summed E-state index contributed by atoms with van der Waals surface area (Å²) in [6.07, 6.45) is 6.83. The van der Waals surface area contributed by atoms with Crippen LogP contribution in [0.3, 0.4) is 0 Å². The van der Waals surface area contributed by atoms with E-state index >= 15 is 0 Å². The summed E-state index contributed by atoms with van der Waals surface area (Å²) < 4.78 is 7.83. The Hall–Kier alpha value is -2.84. The number of fused-ring (bicyclic) bond motifs is 1. The molecule has 4 rings (SSSR count). The Kier molecular flexibility index (Phi) is 5.06. The van der Waals surface area contributed by atoms with Crippen LogP contribution >= 0.6 is 0 Å². The highest BCUT2D eigenvalue weighted by Gasteiger charge is 2.29. The topological polar surface area (TPSA) is 96.6 Å². The number of hydrogen-bond donors (Lipinski definition) is 1. The second kappa shape index (κ2) is 7.65. The van der Waals surface area contributed by atoms with Crippen molar-refractivity contribution in [3.63, 3.8) is 0 Å². The van der Waals surface area contributed by atoms with E-state index in [1.807, 2.05) is 23.7 Å². The molecule has 1 fully saturated rings. The first-order valence-electron chi connectivity index (χ1n) is 9.81. The zero-order valence-corrected chi connectivity index (χ0v) is 16.3. The van der Waals surface area contributed by atoms with E-state index in [9.17, 15) is 9.90 Å². The van der Waals surface area contributed by atoms with E-state index in [4.69, 9.17) is 4.74 Å². The largest absolute Gasteiger partial charge is 0.465 e. The number of rotatable bonds is 4. The van der Waals surface area contributed by atoms with Crippen LogP contribution in [0.25, 0.3) is 0 Å². The quantitative estimate of drug-likeness (QED) is 0.863. The number of amides is 1. The number of carboxylic acid groups (broad SMARTS) is 1. The molecule has 1 saturated heterocycles. The Morgan fingerprint density at radius 2 is 2.07 bits per heavy atom. The van der Waals surface area contributed by atoms with E-state index in [1.165, 1.54) is 35.3 Å². The Morgan fingerprint density at radius 3 is 2.89 bits per heavy atom. The Morgan fingerprint density at radius 1 is 1.25 bits per heavy atom. The molecule has 1 aliphatic heterocycles. The van der Waals surface area contributed by atoms with Gasteiger partial charge in [-0.15, -0.1) is 0 Å². The minimum atomic E-state index is -0.961. The summed E-state index contributed by atoms with van der Waals surface area (Å²) in [5.74, 6) is 2.11. The third-order valence-corrected chi connectivity index (χ3v) is 5.52. The number of carbonyl (C=O) groups is 1. The van der Waals surface area contributed by atoms with Crippen molar-refractivity contribution in [2.45, 2.75) is 51.2 Å². The molecule has 1 atom stereocenters. The maximum absolute atomic E-state index is 11.5. The molecule has 1 unspecified atom stereocenters. The van der Waals surface area contributed by atoms with Gasteiger partial charge in [-0.2, -0.15) is 5.10 Å². The lowest BCUT2D eigenvalue weighted by molar-refractivity contribution is 0.00334. The molecule has 0 saturated carbocycles. The summed E-state index contributed by atoms with van der Waals surface area (Å²) in [4.78, 5) is 23.4.